The summed E-state index contributed by atoms with van der Waals surface area (Å²) in [6, 6.07) is 3.47. The molecule has 1 unspecified atom stereocenters. The van der Waals surface area contributed by atoms with E-state index in [1.165, 1.54) is 14.2 Å². The quantitative estimate of drug-likeness (QED) is 0.842. The molecular formula is C13H17NO5. The molecule has 0 saturated heterocycles. The first-order valence-electron chi connectivity index (χ1n) is 5.91. The number of hydrogen-bond donors (Lipinski definition) is 2. The molecule has 1 heterocycles. The second kappa shape index (κ2) is 4.97. The summed E-state index contributed by atoms with van der Waals surface area (Å²) in [7, 11) is 3.05. The second-order valence-electron chi connectivity index (χ2n) is 4.53. The number of aliphatic carboxylic acids is 1. The minimum absolute atomic E-state index is 0.192. The van der Waals surface area contributed by atoms with Crippen LogP contribution in [0.3, 0.4) is 0 Å². The average Bonchev–Trinajstić information content (AvgIpc) is 2.56. The van der Waals surface area contributed by atoms with Gasteiger partial charge in [-0.2, -0.15) is 0 Å². The highest BCUT2D eigenvalue weighted by Crippen LogP contribution is 2.42. The first-order valence-corrected chi connectivity index (χ1v) is 5.91. The molecule has 2 rings (SSSR count). The maximum absolute atomic E-state index is 11.3. The number of carbonyl (C=O) groups is 1. The van der Waals surface area contributed by atoms with E-state index in [2.05, 4.69) is 0 Å². The molecule has 0 saturated carbocycles. The van der Waals surface area contributed by atoms with Crippen molar-refractivity contribution in [1.82, 2.24) is 0 Å². The Morgan fingerprint density at radius 2 is 2.16 bits per heavy atom. The SMILES string of the molecule is COc1ccc2c(c1OC)OCCC(N)(C(=O)O)C2. The molecule has 1 aromatic carbocycles. The van der Waals surface area contributed by atoms with E-state index < -0.39 is 11.5 Å². The first kappa shape index (κ1) is 13.5. The van der Waals surface area contributed by atoms with Crippen molar-refractivity contribution in [3.05, 3.63) is 17.7 Å². The molecule has 0 amide bonds. The fraction of sp³-hybridized carbons (Fsp3) is 0.462. The van der Waals surface area contributed by atoms with Gasteiger partial charge in [0.1, 0.15) is 5.54 Å². The van der Waals surface area contributed by atoms with Gasteiger partial charge in [-0.05, 0) is 6.07 Å². The van der Waals surface area contributed by atoms with Crippen LogP contribution in [0.2, 0.25) is 0 Å². The van der Waals surface area contributed by atoms with E-state index >= 15 is 0 Å². The zero-order valence-electron chi connectivity index (χ0n) is 10.9. The Morgan fingerprint density at radius 3 is 2.74 bits per heavy atom. The lowest BCUT2D eigenvalue weighted by Crippen LogP contribution is -2.50. The van der Waals surface area contributed by atoms with Gasteiger partial charge in [0.15, 0.2) is 11.5 Å². The number of methoxy groups -OCH3 is 2. The van der Waals surface area contributed by atoms with Gasteiger partial charge in [0.25, 0.3) is 0 Å². The minimum atomic E-state index is -1.31. The third-order valence-corrected chi connectivity index (χ3v) is 3.31. The molecule has 0 aliphatic carbocycles. The number of benzene rings is 1. The summed E-state index contributed by atoms with van der Waals surface area (Å²) in [4.78, 5) is 11.3. The summed E-state index contributed by atoms with van der Waals surface area (Å²) in [6.45, 7) is 0.222. The Labute approximate surface area is 111 Å². The van der Waals surface area contributed by atoms with Crippen molar-refractivity contribution < 1.29 is 24.1 Å². The van der Waals surface area contributed by atoms with Gasteiger partial charge in [-0.1, -0.05) is 6.07 Å². The van der Waals surface area contributed by atoms with Crippen LogP contribution < -0.4 is 19.9 Å². The number of hydrogen-bond acceptors (Lipinski definition) is 5. The third kappa shape index (κ3) is 2.31. The Bertz CT molecular complexity index is 502. The van der Waals surface area contributed by atoms with Gasteiger partial charge < -0.3 is 25.1 Å². The number of nitrogens with two attached hydrogens (primary N) is 1. The van der Waals surface area contributed by atoms with Gasteiger partial charge >= 0.3 is 5.97 Å². The Kier molecular flexibility index (Phi) is 3.53. The Balaban J connectivity index is 2.48. The lowest BCUT2D eigenvalue weighted by molar-refractivity contribution is -0.143. The molecule has 0 spiro atoms. The fourth-order valence-corrected chi connectivity index (χ4v) is 2.18. The summed E-state index contributed by atoms with van der Waals surface area (Å²) < 4.78 is 16.1. The van der Waals surface area contributed by atoms with Gasteiger partial charge in [0.2, 0.25) is 5.75 Å². The predicted molar refractivity (Wildman–Crippen MR) is 67.9 cm³/mol. The largest absolute Gasteiger partial charge is 0.493 e. The molecule has 6 nitrogen and oxygen atoms in total. The number of fused-ring (bicyclic) bond motifs is 1. The second-order valence-corrected chi connectivity index (χ2v) is 4.53. The van der Waals surface area contributed by atoms with E-state index in [1.807, 2.05) is 0 Å². The monoisotopic (exact) mass is 267 g/mol. The molecule has 1 aromatic rings. The summed E-state index contributed by atoms with van der Waals surface area (Å²) in [6.07, 6.45) is 0.431. The number of carboxylic acids is 1. The number of rotatable bonds is 3. The molecule has 104 valence electrons. The van der Waals surface area contributed by atoms with E-state index in [1.54, 1.807) is 12.1 Å². The Hall–Kier alpha value is -1.95. The van der Waals surface area contributed by atoms with Crippen molar-refractivity contribution >= 4 is 5.97 Å². The smallest absolute Gasteiger partial charge is 0.324 e. The van der Waals surface area contributed by atoms with Crippen molar-refractivity contribution in [3.63, 3.8) is 0 Å². The van der Waals surface area contributed by atoms with Crippen LogP contribution in [0.15, 0.2) is 12.1 Å². The highest BCUT2D eigenvalue weighted by Gasteiger charge is 2.38. The van der Waals surface area contributed by atoms with Crippen LogP contribution in [0.4, 0.5) is 0 Å². The van der Waals surface area contributed by atoms with Crippen LogP contribution >= 0.6 is 0 Å². The first-order chi connectivity index (χ1) is 9.01. The van der Waals surface area contributed by atoms with Gasteiger partial charge in [0, 0.05) is 18.4 Å². The summed E-state index contributed by atoms with van der Waals surface area (Å²) in [5, 5.41) is 9.24. The fourth-order valence-electron chi connectivity index (χ4n) is 2.18. The van der Waals surface area contributed by atoms with Crippen LogP contribution in [0, 0.1) is 0 Å². The predicted octanol–water partition coefficient (Wildman–Crippen LogP) is 0.811. The van der Waals surface area contributed by atoms with Crippen LogP contribution in [0.25, 0.3) is 0 Å². The molecule has 1 atom stereocenters. The summed E-state index contributed by atoms with van der Waals surface area (Å²) >= 11 is 0. The van der Waals surface area contributed by atoms with E-state index in [-0.39, 0.29) is 19.4 Å². The van der Waals surface area contributed by atoms with Gasteiger partial charge in [0.05, 0.1) is 20.8 Å². The molecule has 0 aromatic heterocycles. The normalized spacial score (nSPS) is 21.8. The molecule has 6 heteroatoms. The van der Waals surface area contributed by atoms with E-state index in [4.69, 9.17) is 19.9 Å². The average molecular weight is 267 g/mol. The summed E-state index contributed by atoms with van der Waals surface area (Å²) in [5.74, 6) is 0.491. The third-order valence-electron chi connectivity index (χ3n) is 3.31. The van der Waals surface area contributed by atoms with Crippen LogP contribution in [-0.4, -0.2) is 37.4 Å². The lowest BCUT2D eigenvalue weighted by atomic mass is 9.89. The zero-order chi connectivity index (χ0) is 14.0. The van der Waals surface area contributed by atoms with Crippen molar-refractivity contribution in [2.75, 3.05) is 20.8 Å². The molecule has 1 aliphatic heterocycles. The maximum Gasteiger partial charge on any atom is 0.324 e. The Morgan fingerprint density at radius 1 is 1.42 bits per heavy atom. The number of carboxylic acid groups (broad SMARTS) is 1. The lowest BCUT2D eigenvalue weighted by Gasteiger charge is -2.21. The van der Waals surface area contributed by atoms with E-state index in [9.17, 15) is 9.90 Å². The van der Waals surface area contributed by atoms with Crippen LogP contribution in [0.5, 0.6) is 17.2 Å². The van der Waals surface area contributed by atoms with Crippen molar-refractivity contribution in [3.8, 4) is 17.2 Å². The van der Waals surface area contributed by atoms with Crippen molar-refractivity contribution in [2.24, 2.45) is 5.73 Å². The van der Waals surface area contributed by atoms with Crippen LogP contribution in [-0.2, 0) is 11.2 Å². The van der Waals surface area contributed by atoms with Crippen molar-refractivity contribution in [1.29, 1.82) is 0 Å². The molecule has 0 radical (unpaired) electrons. The molecule has 19 heavy (non-hydrogen) atoms. The highest BCUT2D eigenvalue weighted by atomic mass is 16.5. The topological polar surface area (TPSA) is 91.0 Å². The minimum Gasteiger partial charge on any atom is -0.493 e. The molecule has 1 aliphatic rings. The standard InChI is InChI=1S/C13H17NO5/c1-17-9-4-3-8-7-13(14,12(15)16)5-6-19-10(8)11(9)18-2/h3-4H,5-7,14H2,1-2H3,(H,15,16). The molecule has 3 N–H and O–H groups in total. The van der Waals surface area contributed by atoms with Gasteiger partial charge in [-0.3, -0.25) is 4.79 Å². The highest BCUT2D eigenvalue weighted by molar-refractivity contribution is 5.79. The molecular weight excluding hydrogens is 250 g/mol. The van der Waals surface area contributed by atoms with Crippen molar-refractivity contribution in [2.45, 2.75) is 18.4 Å². The molecule has 0 bridgehead atoms. The maximum atomic E-state index is 11.3. The zero-order valence-corrected chi connectivity index (χ0v) is 10.9. The number of ether oxygens (including phenoxy) is 3. The van der Waals surface area contributed by atoms with E-state index in [0.717, 1.165) is 0 Å². The van der Waals surface area contributed by atoms with E-state index in [0.29, 0.717) is 22.8 Å². The van der Waals surface area contributed by atoms with Crippen LogP contribution in [0.1, 0.15) is 12.0 Å². The molecule has 0 fully saturated rings. The summed E-state index contributed by atoms with van der Waals surface area (Å²) in [5.41, 5.74) is 5.32. The van der Waals surface area contributed by atoms with Gasteiger partial charge in [-0.15, -0.1) is 0 Å². The van der Waals surface area contributed by atoms with Gasteiger partial charge in [-0.25, -0.2) is 0 Å².